The molecule has 0 fully saturated rings. The second-order valence-electron chi connectivity index (χ2n) is 5.69. The molecule has 0 aliphatic heterocycles. The minimum absolute atomic E-state index is 0.156. The van der Waals surface area contributed by atoms with E-state index in [1.54, 1.807) is 18.2 Å². The van der Waals surface area contributed by atoms with Crippen molar-refractivity contribution in [1.82, 2.24) is 0 Å². The lowest BCUT2D eigenvalue weighted by molar-refractivity contribution is -0.116. The average molecular weight is 401 g/mol. The number of nitrogens with zero attached hydrogens (tertiary/aromatic N) is 1. The fraction of sp³-hybridized carbons (Fsp3) is 0.235. The van der Waals surface area contributed by atoms with E-state index < -0.39 is 22.0 Å². The summed E-state index contributed by atoms with van der Waals surface area (Å²) in [4.78, 5) is 12.6. The summed E-state index contributed by atoms with van der Waals surface area (Å²) < 4.78 is 25.5. The second-order valence-corrected chi connectivity index (χ2v) is 8.39. The minimum Gasteiger partial charge on any atom is -0.324 e. The Morgan fingerprint density at radius 2 is 1.72 bits per heavy atom. The van der Waals surface area contributed by atoms with Gasteiger partial charge in [0.1, 0.15) is 6.04 Å². The van der Waals surface area contributed by atoms with Crippen LogP contribution in [0.4, 0.5) is 11.4 Å². The molecule has 1 atom stereocenters. The topological polar surface area (TPSA) is 66.5 Å². The monoisotopic (exact) mass is 400 g/mol. The zero-order valence-electron chi connectivity index (χ0n) is 14.0. The molecule has 0 saturated carbocycles. The lowest BCUT2D eigenvalue weighted by Gasteiger charge is -2.29. The zero-order valence-corrected chi connectivity index (χ0v) is 16.3. The van der Waals surface area contributed by atoms with Crippen LogP contribution in [-0.2, 0) is 14.8 Å². The molecule has 0 saturated heterocycles. The molecular weight excluding hydrogens is 383 g/mol. The van der Waals surface area contributed by atoms with Crippen LogP contribution < -0.4 is 9.62 Å². The molecule has 5 nitrogen and oxygen atoms in total. The molecule has 2 aromatic rings. The van der Waals surface area contributed by atoms with E-state index in [-0.39, 0.29) is 10.7 Å². The highest BCUT2D eigenvalue weighted by Gasteiger charge is 2.30. The summed E-state index contributed by atoms with van der Waals surface area (Å²) in [5.74, 6) is -0.481. The molecule has 0 aliphatic rings. The highest BCUT2D eigenvalue weighted by atomic mass is 35.5. The number of sulfonamides is 1. The Morgan fingerprint density at radius 3 is 2.28 bits per heavy atom. The Kier molecular flexibility index (Phi) is 5.98. The number of rotatable bonds is 5. The van der Waals surface area contributed by atoms with E-state index in [1.165, 1.54) is 19.1 Å². The molecule has 0 spiro atoms. The van der Waals surface area contributed by atoms with Crippen molar-refractivity contribution >= 4 is 50.5 Å². The van der Waals surface area contributed by atoms with E-state index in [0.29, 0.717) is 10.7 Å². The van der Waals surface area contributed by atoms with Gasteiger partial charge in [0, 0.05) is 10.7 Å². The van der Waals surface area contributed by atoms with E-state index in [2.05, 4.69) is 5.32 Å². The van der Waals surface area contributed by atoms with Gasteiger partial charge < -0.3 is 5.32 Å². The number of carbonyl (C=O) groups is 1. The van der Waals surface area contributed by atoms with Crippen LogP contribution in [-0.4, -0.2) is 26.6 Å². The lowest BCUT2D eigenvalue weighted by atomic mass is 10.2. The van der Waals surface area contributed by atoms with Crippen LogP contribution in [0.2, 0.25) is 10.0 Å². The maximum absolute atomic E-state index is 12.6. The van der Waals surface area contributed by atoms with Gasteiger partial charge in [0.2, 0.25) is 15.9 Å². The number of hydrogen-bond acceptors (Lipinski definition) is 3. The van der Waals surface area contributed by atoms with E-state index in [0.717, 1.165) is 16.1 Å². The average Bonchev–Trinajstić information content (AvgIpc) is 2.51. The molecule has 0 aromatic heterocycles. The Hall–Kier alpha value is -1.76. The number of carbonyl (C=O) groups excluding carboxylic acids is 1. The molecular formula is C17H18Cl2N2O3S. The van der Waals surface area contributed by atoms with Crippen molar-refractivity contribution in [3.05, 3.63) is 58.1 Å². The predicted molar refractivity (Wildman–Crippen MR) is 103 cm³/mol. The summed E-state index contributed by atoms with van der Waals surface area (Å²) in [5, 5.41) is 3.21. The highest BCUT2D eigenvalue weighted by molar-refractivity contribution is 7.92. The van der Waals surface area contributed by atoms with Crippen molar-refractivity contribution < 1.29 is 13.2 Å². The van der Waals surface area contributed by atoms with E-state index >= 15 is 0 Å². The lowest BCUT2D eigenvalue weighted by Crippen LogP contribution is -2.45. The molecule has 134 valence electrons. The van der Waals surface area contributed by atoms with E-state index in [4.69, 9.17) is 23.2 Å². The van der Waals surface area contributed by atoms with Crippen molar-refractivity contribution in [3.63, 3.8) is 0 Å². The van der Waals surface area contributed by atoms with Crippen molar-refractivity contribution in [2.24, 2.45) is 0 Å². The molecule has 2 rings (SSSR count). The highest BCUT2D eigenvalue weighted by Crippen LogP contribution is 2.32. The predicted octanol–water partition coefficient (Wildman–Crippen LogP) is 4.10. The van der Waals surface area contributed by atoms with Gasteiger partial charge in [-0.1, -0.05) is 40.9 Å². The molecule has 8 heteroatoms. The molecule has 1 amide bonds. The van der Waals surface area contributed by atoms with Crippen LogP contribution in [0.1, 0.15) is 12.5 Å². The number of halogens is 2. The first-order valence-corrected chi connectivity index (χ1v) is 10.0. The van der Waals surface area contributed by atoms with Crippen molar-refractivity contribution in [2.75, 3.05) is 15.9 Å². The van der Waals surface area contributed by atoms with Gasteiger partial charge in [-0.3, -0.25) is 9.10 Å². The number of aryl methyl sites for hydroxylation is 1. The number of amides is 1. The standard InChI is InChI=1S/C17H18Cl2N2O3S/c1-11-4-7-14(8-5-11)20-17(22)12(2)21(25(3,23)24)16-10-13(18)6-9-15(16)19/h4-10,12H,1-3H3,(H,20,22)/t12-/m1/s1. The van der Waals surface area contributed by atoms with Gasteiger partial charge in [-0.25, -0.2) is 8.42 Å². The van der Waals surface area contributed by atoms with Crippen LogP contribution in [0, 0.1) is 6.92 Å². The van der Waals surface area contributed by atoms with Crippen LogP contribution in [0.3, 0.4) is 0 Å². The second kappa shape index (κ2) is 7.64. The summed E-state index contributed by atoms with van der Waals surface area (Å²) >= 11 is 12.1. The minimum atomic E-state index is -3.77. The SMILES string of the molecule is Cc1ccc(NC(=O)[C@@H](C)N(c2cc(Cl)ccc2Cl)S(C)(=O)=O)cc1. The zero-order chi connectivity index (χ0) is 18.8. The van der Waals surface area contributed by atoms with Gasteiger partial charge in [0.25, 0.3) is 0 Å². The van der Waals surface area contributed by atoms with Crippen LogP contribution in [0.25, 0.3) is 0 Å². The maximum Gasteiger partial charge on any atom is 0.247 e. The van der Waals surface area contributed by atoms with Gasteiger partial charge in [0.15, 0.2) is 0 Å². The van der Waals surface area contributed by atoms with E-state index in [1.807, 2.05) is 19.1 Å². The maximum atomic E-state index is 12.6. The fourth-order valence-corrected chi connectivity index (χ4v) is 3.92. The van der Waals surface area contributed by atoms with Gasteiger partial charge >= 0.3 is 0 Å². The summed E-state index contributed by atoms with van der Waals surface area (Å²) in [7, 11) is -3.77. The molecule has 0 aliphatic carbocycles. The fourth-order valence-electron chi connectivity index (χ4n) is 2.32. The van der Waals surface area contributed by atoms with Crippen LogP contribution >= 0.6 is 23.2 Å². The normalized spacial score (nSPS) is 12.5. The van der Waals surface area contributed by atoms with Crippen molar-refractivity contribution in [1.29, 1.82) is 0 Å². The molecule has 2 aromatic carbocycles. The number of benzene rings is 2. The van der Waals surface area contributed by atoms with Gasteiger partial charge in [-0.05, 0) is 44.2 Å². The smallest absolute Gasteiger partial charge is 0.247 e. The Bertz CT molecular complexity index is 883. The number of anilines is 2. The third-order valence-electron chi connectivity index (χ3n) is 3.55. The first-order valence-electron chi connectivity index (χ1n) is 7.41. The summed E-state index contributed by atoms with van der Waals surface area (Å²) in [6.07, 6.45) is 1.01. The Labute approximate surface area is 157 Å². The first kappa shape index (κ1) is 19.6. The third kappa shape index (κ3) is 4.87. The van der Waals surface area contributed by atoms with Crippen molar-refractivity contribution in [2.45, 2.75) is 19.9 Å². The van der Waals surface area contributed by atoms with E-state index in [9.17, 15) is 13.2 Å². The molecule has 0 radical (unpaired) electrons. The molecule has 0 heterocycles. The largest absolute Gasteiger partial charge is 0.324 e. The molecule has 0 unspecified atom stereocenters. The Balaban J connectivity index is 2.36. The van der Waals surface area contributed by atoms with Gasteiger partial charge in [0.05, 0.1) is 17.0 Å². The molecule has 25 heavy (non-hydrogen) atoms. The first-order chi connectivity index (χ1) is 11.6. The van der Waals surface area contributed by atoms with Gasteiger partial charge in [-0.2, -0.15) is 0 Å². The summed E-state index contributed by atoms with van der Waals surface area (Å²) in [6, 6.07) is 10.6. The number of nitrogens with one attached hydrogen (secondary N) is 1. The third-order valence-corrected chi connectivity index (χ3v) is 5.34. The summed E-state index contributed by atoms with van der Waals surface area (Å²) in [6.45, 7) is 3.42. The summed E-state index contributed by atoms with van der Waals surface area (Å²) in [5.41, 5.74) is 1.78. The van der Waals surface area contributed by atoms with Crippen molar-refractivity contribution in [3.8, 4) is 0 Å². The molecule has 1 N–H and O–H groups in total. The number of hydrogen-bond donors (Lipinski definition) is 1. The van der Waals surface area contributed by atoms with Crippen LogP contribution in [0.15, 0.2) is 42.5 Å². The van der Waals surface area contributed by atoms with Crippen LogP contribution in [0.5, 0.6) is 0 Å². The molecule has 0 bridgehead atoms. The Morgan fingerprint density at radius 1 is 1.12 bits per heavy atom. The quantitative estimate of drug-likeness (QED) is 0.821. The van der Waals surface area contributed by atoms with Gasteiger partial charge in [-0.15, -0.1) is 0 Å².